The van der Waals surface area contributed by atoms with Crippen molar-refractivity contribution in [2.75, 3.05) is 25.0 Å². The van der Waals surface area contributed by atoms with Crippen molar-refractivity contribution < 1.29 is 0 Å². The van der Waals surface area contributed by atoms with Gasteiger partial charge in [-0.05, 0) is 66.2 Å². The largest absolute Gasteiger partial charge is 0.340 e. The number of halogens is 1. The molecule has 3 nitrogen and oxygen atoms in total. The molecule has 2 aromatic carbocycles. The van der Waals surface area contributed by atoms with Gasteiger partial charge in [0.2, 0.25) is 0 Å². The number of likely N-dealkylation sites (N-methyl/N-ethyl adjacent to an activating group) is 1. The maximum atomic E-state index is 6.22. The SMILES string of the molecule is CN1CCN(c2cccc(Cl)c2)c2ccc(-c3ccncc3)cc2C1. The Morgan fingerprint density at radius 1 is 0.920 bits per heavy atom. The highest BCUT2D eigenvalue weighted by molar-refractivity contribution is 6.30. The van der Waals surface area contributed by atoms with Crippen molar-refractivity contribution in [3.63, 3.8) is 0 Å². The van der Waals surface area contributed by atoms with Gasteiger partial charge < -0.3 is 9.80 Å². The number of benzene rings is 2. The Morgan fingerprint density at radius 2 is 1.76 bits per heavy atom. The normalized spacial score (nSPS) is 14.9. The average molecular weight is 350 g/mol. The fraction of sp³-hybridized carbons (Fsp3) is 0.190. The number of fused-ring (bicyclic) bond motifs is 1. The van der Waals surface area contributed by atoms with E-state index in [0.29, 0.717) is 0 Å². The lowest BCUT2D eigenvalue weighted by atomic mass is 10.0. The Kier molecular flexibility index (Phi) is 4.43. The fourth-order valence-electron chi connectivity index (χ4n) is 3.37. The third kappa shape index (κ3) is 3.39. The molecule has 0 atom stereocenters. The summed E-state index contributed by atoms with van der Waals surface area (Å²) in [5.74, 6) is 0. The van der Waals surface area contributed by atoms with Crippen molar-refractivity contribution in [1.82, 2.24) is 9.88 Å². The van der Waals surface area contributed by atoms with Gasteiger partial charge in [-0.25, -0.2) is 0 Å². The van der Waals surface area contributed by atoms with Crippen LogP contribution in [0.4, 0.5) is 11.4 Å². The molecule has 0 saturated heterocycles. The molecule has 0 aliphatic carbocycles. The van der Waals surface area contributed by atoms with E-state index in [9.17, 15) is 0 Å². The molecule has 2 heterocycles. The predicted octanol–water partition coefficient (Wildman–Crippen LogP) is 4.99. The van der Waals surface area contributed by atoms with E-state index in [-0.39, 0.29) is 0 Å². The average Bonchev–Trinajstić information content (AvgIpc) is 2.80. The second-order valence-corrected chi connectivity index (χ2v) is 6.89. The minimum atomic E-state index is 0.769. The molecule has 0 fully saturated rings. The number of hydrogen-bond acceptors (Lipinski definition) is 3. The van der Waals surface area contributed by atoms with E-state index in [0.717, 1.165) is 30.3 Å². The van der Waals surface area contributed by atoms with Gasteiger partial charge in [-0.15, -0.1) is 0 Å². The zero-order valence-corrected chi connectivity index (χ0v) is 14.9. The number of aromatic nitrogens is 1. The van der Waals surface area contributed by atoms with Gasteiger partial charge in [0.15, 0.2) is 0 Å². The van der Waals surface area contributed by atoms with Crippen LogP contribution >= 0.6 is 11.6 Å². The zero-order valence-electron chi connectivity index (χ0n) is 14.2. The van der Waals surface area contributed by atoms with Crippen LogP contribution in [0, 0.1) is 0 Å². The highest BCUT2D eigenvalue weighted by atomic mass is 35.5. The zero-order chi connectivity index (χ0) is 17.2. The Balaban J connectivity index is 1.79. The summed E-state index contributed by atoms with van der Waals surface area (Å²) >= 11 is 6.22. The van der Waals surface area contributed by atoms with E-state index in [4.69, 9.17) is 11.6 Å². The fourth-order valence-corrected chi connectivity index (χ4v) is 3.56. The van der Waals surface area contributed by atoms with E-state index in [2.05, 4.69) is 58.2 Å². The van der Waals surface area contributed by atoms with Gasteiger partial charge in [0.1, 0.15) is 0 Å². The first kappa shape index (κ1) is 16.1. The van der Waals surface area contributed by atoms with Crippen LogP contribution in [-0.4, -0.2) is 30.0 Å². The van der Waals surface area contributed by atoms with Crippen LogP contribution in [0.1, 0.15) is 5.56 Å². The minimum Gasteiger partial charge on any atom is -0.340 e. The van der Waals surface area contributed by atoms with Gasteiger partial charge >= 0.3 is 0 Å². The second-order valence-electron chi connectivity index (χ2n) is 6.45. The van der Waals surface area contributed by atoms with Gasteiger partial charge in [-0.3, -0.25) is 4.98 Å². The van der Waals surface area contributed by atoms with Crippen LogP contribution in [0.15, 0.2) is 67.0 Å². The second kappa shape index (κ2) is 6.87. The molecule has 25 heavy (non-hydrogen) atoms. The van der Waals surface area contributed by atoms with E-state index >= 15 is 0 Å². The lowest BCUT2D eigenvalue weighted by molar-refractivity contribution is 0.343. The summed E-state index contributed by atoms with van der Waals surface area (Å²) < 4.78 is 0. The lowest BCUT2D eigenvalue weighted by Crippen LogP contribution is -2.26. The monoisotopic (exact) mass is 349 g/mol. The van der Waals surface area contributed by atoms with E-state index in [1.165, 1.54) is 22.4 Å². The summed E-state index contributed by atoms with van der Waals surface area (Å²) in [6, 6.07) is 18.9. The molecule has 1 aliphatic heterocycles. The molecular formula is C21H20ClN3. The first-order chi connectivity index (χ1) is 12.2. The number of hydrogen-bond donors (Lipinski definition) is 0. The van der Waals surface area contributed by atoms with Crippen molar-refractivity contribution in [1.29, 1.82) is 0 Å². The Bertz CT molecular complexity index is 879. The number of anilines is 2. The topological polar surface area (TPSA) is 19.4 Å². The van der Waals surface area contributed by atoms with Gasteiger partial charge in [-0.1, -0.05) is 23.7 Å². The number of pyridine rings is 1. The molecule has 0 unspecified atom stereocenters. The van der Waals surface area contributed by atoms with Crippen LogP contribution in [0.25, 0.3) is 11.1 Å². The molecule has 1 aliphatic rings. The maximum absolute atomic E-state index is 6.22. The summed E-state index contributed by atoms with van der Waals surface area (Å²) in [6.07, 6.45) is 3.68. The third-order valence-corrected chi connectivity index (χ3v) is 4.88. The van der Waals surface area contributed by atoms with Gasteiger partial charge in [0.05, 0.1) is 0 Å². The smallest absolute Gasteiger partial charge is 0.0457 e. The minimum absolute atomic E-state index is 0.769. The molecule has 4 rings (SSSR count). The Labute approximate surface area is 153 Å². The van der Waals surface area contributed by atoms with Crippen LogP contribution in [0.3, 0.4) is 0 Å². The molecule has 4 heteroatoms. The Hall–Kier alpha value is -2.36. The molecule has 0 spiro atoms. The van der Waals surface area contributed by atoms with Crippen molar-refractivity contribution in [3.05, 3.63) is 77.6 Å². The number of nitrogens with zero attached hydrogens (tertiary/aromatic N) is 3. The van der Waals surface area contributed by atoms with Crippen molar-refractivity contribution >= 4 is 23.0 Å². The summed E-state index contributed by atoms with van der Waals surface area (Å²) in [5, 5.41) is 0.769. The van der Waals surface area contributed by atoms with Crippen LogP contribution in [0.2, 0.25) is 5.02 Å². The number of rotatable bonds is 2. The first-order valence-electron chi connectivity index (χ1n) is 8.46. The van der Waals surface area contributed by atoms with E-state index in [1.807, 2.05) is 30.6 Å². The van der Waals surface area contributed by atoms with Crippen LogP contribution in [-0.2, 0) is 6.54 Å². The highest BCUT2D eigenvalue weighted by Crippen LogP contribution is 2.35. The van der Waals surface area contributed by atoms with Crippen molar-refractivity contribution in [3.8, 4) is 11.1 Å². The maximum Gasteiger partial charge on any atom is 0.0457 e. The highest BCUT2D eigenvalue weighted by Gasteiger charge is 2.20. The standard InChI is InChI=1S/C21H20ClN3/c1-24-11-12-25(20-4-2-3-19(22)14-20)21-6-5-17(13-18(21)15-24)16-7-9-23-10-8-16/h2-10,13-14H,11-12,15H2,1H3. The summed E-state index contributed by atoms with van der Waals surface area (Å²) in [6.45, 7) is 2.88. The van der Waals surface area contributed by atoms with E-state index < -0.39 is 0 Å². The molecule has 1 aromatic heterocycles. The third-order valence-electron chi connectivity index (χ3n) is 4.65. The molecule has 126 valence electrons. The summed E-state index contributed by atoms with van der Waals surface area (Å²) in [4.78, 5) is 8.84. The van der Waals surface area contributed by atoms with E-state index in [1.54, 1.807) is 0 Å². The lowest BCUT2D eigenvalue weighted by Gasteiger charge is -2.25. The molecule has 0 radical (unpaired) electrons. The van der Waals surface area contributed by atoms with Gasteiger partial charge in [0.25, 0.3) is 0 Å². The molecule has 0 bridgehead atoms. The molecular weight excluding hydrogens is 330 g/mol. The molecule has 0 amide bonds. The van der Waals surface area contributed by atoms with Crippen molar-refractivity contribution in [2.24, 2.45) is 0 Å². The molecule has 3 aromatic rings. The molecule has 0 saturated carbocycles. The first-order valence-corrected chi connectivity index (χ1v) is 8.83. The quantitative estimate of drug-likeness (QED) is 0.650. The summed E-state index contributed by atoms with van der Waals surface area (Å²) in [5.41, 5.74) is 6.14. The van der Waals surface area contributed by atoms with Gasteiger partial charge in [0, 0.05) is 48.4 Å². The van der Waals surface area contributed by atoms with Crippen LogP contribution in [0.5, 0.6) is 0 Å². The van der Waals surface area contributed by atoms with Crippen molar-refractivity contribution in [2.45, 2.75) is 6.54 Å². The summed E-state index contributed by atoms with van der Waals surface area (Å²) in [7, 11) is 2.17. The Morgan fingerprint density at radius 3 is 2.56 bits per heavy atom. The van der Waals surface area contributed by atoms with Gasteiger partial charge in [-0.2, -0.15) is 0 Å². The predicted molar refractivity (Wildman–Crippen MR) is 104 cm³/mol. The molecule has 0 N–H and O–H groups in total. The van der Waals surface area contributed by atoms with Crippen LogP contribution < -0.4 is 4.90 Å².